The molecule has 0 atom stereocenters. The fraction of sp³-hybridized carbons (Fsp3) is 0.579. The van der Waals surface area contributed by atoms with E-state index >= 15 is 0 Å². The highest BCUT2D eigenvalue weighted by Gasteiger charge is 2.34. The first-order chi connectivity index (χ1) is 11.9. The maximum absolute atomic E-state index is 12.8. The van der Waals surface area contributed by atoms with Crippen molar-refractivity contribution >= 4 is 0 Å². The largest absolute Gasteiger partial charge is 0.573 e. The molecule has 2 aliphatic carbocycles. The van der Waals surface area contributed by atoms with Crippen molar-refractivity contribution < 1.29 is 27.4 Å². The zero-order valence-corrected chi connectivity index (χ0v) is 14.3. The molecule has 138 valence electrons. The van der Waals surface area contributed by atoms with Crippen LogP contribution < -0.4 is 14.2 Å². The van der Waals surface area contributed by atoms with Crippen LogP contribution in [0.2, 0.25) is 0 Å². The van der Waals surface area contributed by atoms with E-state index < -0.39 is 6.36 Å². The first-order valence-electron chi connectivity index (χ1n) is 8.78. The van der Waals surface area contributed by atoms with Crippen molar-refractivity contribution in [3.05, 3.63) is 29.8 Å². The van der Waals surface area contributed by atoms with Gasteiger partial charge in [-0.2, -0.15) is 0 Å². The summed E-state index contributed by atoms with van der Waals surface area (Å²) in [5.74, 6) is 0.808. The predicted octanol–water partition coefficient (Wildman–Crippen LogP) is 5.56. The lowest BCUT2D eigenvalue weighted by molar-refractivity contribution is -0.275. The topological polar surface area (TPSA) is 27.7 Å². The minimum absolute atomic E-state index is 0.0350. The third-order valence-corrected chi connectivity index (χ3v) is 4.78. The number of hydrogen-bond acceptors (Lipinski definition) is 3. The van der Waals surface area contributed by atoms with Gasteiger partial charge in [0.2, 0.25) is 0 Å². The molecule has 1 aromatic carbocycles. The Hall–Kier alpha value is -1.85. The molecule has 0 N–H and O–H groups in total. The SMILES string of the molecule is Cc1c(OC/C=C/C2CCC2)ccc(OC2CCC2)c1OC(F)(F)F. The fourth-order valence-electron chi connectivity index (χ4n) is 2.83. The van der Waals surface area contributed by atoms with Gasteiger partial charge in [0.15, 0.2) is 11.5 Å². The smallest absolute Gasteiger partial charge is 0.489 e. The average Bonchev–Trinajstić information content (AvgIpc) is 2.44. The molecule has 0 heterocycles. The first kappa shape index (κ1) is 18.0. The molecule has 6 heteroatoms. The molecule has 3 rings (SSSR count). The molecule has 2 saturated carbocycles. The van der Waals surface area contributed by atoms with Gasteiger partial charge in [-0.3, -0.25) is 0 Å². The maximum atomic E-state index is 12.8. The van der Waals surface area contributed by atoms with Crippen LogP contribution in [0.3, 0.4) is 0 Å². The summed E-state index contributed by atoms with van der Waals surface area (Å²) in [4.78, 5) is 0. The second-order valence-corrected chi connectivity index (χ2v) is 6.66. The average molecular weight is 356 g/mol. The number of ether oxygens (including phenoxy) is 3. The van der Waals surface area contributed by atoms with Crippen LogP contribution in [0.15, 0.2) is 24.3 Å². The van der Waals surface area contributed by atoms with Gasteiger partial charge in [0, 0.05) is 5.56 Å². The third kappa shape index (κ3) is 4.83. The molecule has 0 amide bonds. The molecule has 0 unspecified atom stereocenters. The Kier molecular flexibility index (Phi) is 5.45. The fourth-order valence-corrected chi connectivity index (χ4v) is 2.83. The summed E-state index contributed by atoms with van der Waals surface area (Å²) in [6.07, 6.45) is 5.63. The molecule has 0 spiro atoms. The van der Waals surface area contributed by atoms with Crippen molar-refractivity contribution in [1.82, 2.24) is 0 Å². The summed E-state index contributed by atoms with van der Waals surface area (Å²) < 4.78 is 53.8. The standard InChI is InChI=1S/C19H23F3O3/c1-13-16(23-12-4-7-14-5-2-6-14)10-11-17(24-15-8-3-9-15)18(13)25-19(20,21)22/h4,7,10-11,14-15H,2-3,5-6,8-9,12H2,1H3/b7-4+. The Morgan fingerprint density at radius 2 is 1.76 bits per heavy atom. The van der Waals surface area contributed by atoms with Gasteiger partial charge in [-0.15, -0.1) is 13.2 Å². The highest BCUT2D eigenvalue weighted by Crippen LogP contribution is 2.41. The van der Waals surface area contributed by atoms with E-state index in [0.29, 0.717) is 23.8 Å². The van der Waals surface area contributed by atoms with Gasteiger partial charge in [-0.1, -0.05) is 18.6 Å². The van der Waals surface area contributed by atoms with Crippen molar-refractivity contribution in [2.75, 3.05) is 6.61 Å². The van der Waals surface area contributed by atoms with Crippen molar-refractivity contribution in [1.29, 1.82) is 0 Å². The zero-order valence-electron chi connectivity index (χ0n) is 14.3. The first-order valence-corrected chi connectivity index (χ1v) is 8.78. The molecule has 0 radical (unpaired) electrons. The van der Waals surface area contributed by atoms with Crippen LogP contribution in [-0.2, 0) is 0 Å². The molecule has 2 aliphatic rings. The van der Waals surface area contributed by atoms with E-state index in [1.807, 2.05) is 6.08 Å². The summed E-state index contributed by atoms with van der Waals surface area (Å²) in [7, 11) is 0. The van der Waals surface area contributed by atoms with Gasteiger partial charge in [-0.25, -0.2) is 0 Å². The number of hydrogen-bond donors (Lipinski definition) is 0. The summed E-state index contributed by atoms with van der Waals surface area (Å²) in [5, 5.41) is 0. The molecule has 0 bridgehead atoms. The summed E-state index contributed by atoms with van der Waals surface area (Å²) in [6.45, 7) is 1.88. The van der Waals surface area contributed by atoms with Crippen LogP contribution >= 0.6 is 0 Å². The number of benzene rings is 1. The Labute approximate surface area is 145 Å². The highest BCUT2D eigenvalue weighted by atomic mass is 19.4. The number of halogens is 3. The van der Waals surface area contributed by atoms with Crippen LogP contribution in [-0.4, -0.2) is 19.1 Å². The van der Waals surface area contributed by atoms with E-state index in [-0.39, 0.29) is 17.6 Å². The second kappa shape index (κ2) is 7.58. The lowest BCUT2D eigenvalue weighted by atomic mass is 9.85. The summed E-state index contributed by atoms with van der Waals surface area (Å²) in [6, 6.07) is 3.14. The van der Waals surface area contributed by atoms with E-state index in [2.05, 4.69) is 10.8 Å². The zero-order chi connectivity index (χ0) is 17.9. The highest BCUT2D eigenvalue weighted by molar-refractivity contribution is 5.53. The van der Waals surface area contributed by atoms with Gasteiger partial charge in [0.05, 0.1) is 6.10 Å². The van der Waals surface area contributed by atoms with Crippen LogP contribution in [0.25, 0.3) is 0 Å². The predicted molar refractivity (Wildman–Crippen MR) is 88.1 cm³/mol. The molecule has 1 aromatic rings. The lowest BCUT2D eigenvalue weighted by Crippen LogP contribution is -2.26. The van der Waals surface area contributed by atoms with Gasteiger partial charge < -0.3 is 14.2 Å². The van der Waals surface area contributed by atoms with Crippen molar-refractivity contribution in [3.8, 4) is 17.2 Å². The molecular weight excluding hydrogens is 333 g/mol. The Bertz CT molecular complexity index is 617. The maximum Gasteiger partial charge on any atom is 0.573 e. The number of rotatable bonds is 7. The summed E-state index contributed by atoms with van der Waals surface area (Å²) >= 11 is 0. The van der Waals surface area contributed by atoms with E-state index in [1.165, 1.54) is 25.3 Å². The Balaban J connectivity index is 1.71. The van der Waals surface area contributed by atoms with Gasteiger partial charge >= 0.3 is 6.36 Å². The minimum atomic E-state index is -4.77. The van der Waals surface area contributed by atoms with E-state index in [4.69, 9.17) is 9.47 Å². The van der Waals surface area contributed by atoms with Crippen molar-refractivity contribution in [2.45, 2.75) is 57.9 Å². The van der Waals surface area contributed by atoms with Crippen molar-refractivity contribution in [3.63, 3.8) is 0 Å². The van der Waals surface area contributed by atoms with Gasteiger partial charge in [0.25, 0.3) is 0 Å². The molecule has 3 nitrogen and oxygen atoms in total. The van der Waals surface area contributed by atoms with E-state index in [0.717, 1.165) is 19.3 Å². The van der Waals surface area contributed by atoms with Crippen molar-refractivity contribution in [2.24, 2.45) is 5.92 Å². The molecular formula is C19H23F3O3. The quantitative estimate of drug-likeness (QED) is 0.599. The number of alkyl halides is 3. The molecule has 25 heavy (non-hydrogen) atoms. The second-order valence-electron chi connectivity index (χ2n) is 6.66. The molecule has 0 saturated heterocycles. The molecule has 2 fully saturated rings. The molecule has 0 aliphatic heterocycles. The van der Waals surface area contributed by atoms with Crippen LogP contribution in [0.1, 0.15) is 44.1 Å². The minimum Gasteiger partial charge on any atom is -0.489 e. The Morgan fingerprint density at radius 1 is 1.08 bits per heavy atom. The normalized spacial score (nSPS) is 18.7. The third-order valence-electron chi connectivity index (χ3n) is 4.78. The summed E-state index contributed by atoms with van der Waals surface area (Å²) in [5.41, 5.74) is 0.297. The van der Waals surface area contributed by atoms with Gasteiger partial charge in [0.1, 0.15) is 12.4 Å². The number of allylic oxidation sites excluding steroid dienone is 1. The molecule has 0 aromatic heterocycles. The van der Waals surface area contributed by atoms with Crippen LogP contribution in [0.5, 0.6) is 17.2 Å². The van der Waals surface area contributed by atoms with E-state index in [9.17, 15) is 13.2 Å². The van der Waals surface area contributed by atoms with Gasteiger partial charge in [-0.05, 0) is 57.1 Å². The van der Waals surface area contributed by atoms with Crippen LogP contribution in [0.4, 0.5) is 13.2 Å². The Morgan fingerprint density at radius 3 is 2.32 bits per heavy atom. The van der Waals surface area contributed by atoms with E-state index in [1.54, 1.807) is 13.0 Å². The lowest BCUT2D eigenvalue weighted by Gasteiger charge is -2.28. The monoisotopic (exact) mass is 356 g/mol. The van der Waals surface area contributed by atoms with Crippen LogP contribution in [0, 0.1) is 12.8 Å².